The number of amides is 2. The standard InChI is InChI=1S/C15H12N2O3S/c1-21(20,11-7-3-2-4-8-11)16-17-14(18)12-9-5-6-10-13(12)15(17)19/h2-10H,1H3/t21-/m1/s1. The van der Waals surface area contributed by atoms with Gasteiger partial charge in [0.2, 0.25) is 0 Å². The van der Waals surface area contributed by atoms with E-state index in [0.717, 1.165) is 0 Å². The van der Waals surface area contributed by atoms with Crippen molar-refractivity contribution in [1.82, 2.24) is 5.01 Å². The van der Waals surface area contributed by atoms with Gasteiger partial charge in [-0.25, -0.2) is 4.21 Å². The van der Waals surface area contributed by atoms with Crippen LogP contribution in [0.25, 0.3) is 0 Å². The van der Waals surface area contributed by atoms with Crippen LogP contribution in [0.15, 0.2) is 64.0 Å². The van der Waals surface area contributed by atoms with Crippen LogP contribution in [0.1, 0.15) is 20.7 Å². The summed E-state index contributed by atoms with van der Waals surface area (Å²) < 4.78 is 16.6. The fourth-order valence-electron chi connectivity index (χ4n) is 2.13. The number of carbonyl (C=O) groups excluding carboxylic acids is 2. The van der Waals surface area contributed by atoms with Gasteiger partial charge in [-0.15, -0.1) is 9.48 Å². The van der Waals surface area contributed by atoms with Gasteiger partial charge in [0.05, 0.1) is 20.9 Å². The van der Waals surface area contributed by atoms with E-state index < -0.39 is 21.5 Å². The second-order valence-electron chi connectivity index (χ2n) is 4.66. The molecule has 0 saturated heterocycles. The van der Waals surface area contributed by atoms with Crippen molar-refractivity contribution >= 4 is 21.5 Å². The Labute approximate surface area is 122 Å². The van der Waals surface area contributed by atoms with Crippen LogP contribution in [0, 0.1) is 0 Å². The molecule has 0 saturated carbocycles. The number of hydrogen-bond acceptors (Lipinski definition) is 4. The molecule has 0 fully saturated rings. The van der Waals surface area contributed by atoms with Crippen molar-refractivity contribution in [3.63, 3.8) is 0 Å². The number of hydrogen-bond donors (Lipinski definition) is 0. The molecule has 3 rings (SSSR count). The van der Waals surface area contributed by atoms with Gasteiger partial charge in [-0.2, -0.15) is 0 Å². The zero-order valence-corrected chi connectivity index (χ0v) is 12.0. The first kappa shape index (κ1) is 13.5. The van der Waals surface area contributed by atoms with Gasteiger partial charge < -0.3 is 0 Å². The van der Waals surface area contributed by atoms with E-state index in [2.05, 4.69) is 4.47 Å². The van der Waals surface area contributed by atoms with Gasteiger partial charge in [0.1, 0.15) is 0 Å². The number of nitrogens with zero attached hydrogens (tertiary/aromatic N) is 2. The van der Waals surface area contributed by atoms with Gasteiger partial charge in [-0.1, -0.05) is 30.3 Å². The molecule has 1 aliphatic heterocycles. The molecule has 1 atom stereocenters. The highest BCUT2D eigenvalue weighted by molar-refractivity contribution is 7.93. The monoisotopic (exact) mass is 300 g/mol. The molecular formula is C15H12N2O3S. The Bertz CT molecular complexity index is 817. The molecule has 2 aromatic rings. The molecule has 0 N–H and O–H groups in total. The van der Waals surface area contributed by atoms with Crippen LogP contribution < -0.4 is 0 Å². The number of fused-ring (bicyclic) bond motifs is 1. The van der Waals surface area contributed by atoms with Crippen LogP contribution in [-0.2, 0) is 9.73 Å². The lowest BCUT2D eigenvalue weighted by atomic mass is 10.1. The molecule has 2 amide bonds. The lowest BCUT2D eigenvalue weighted by Crippen LogP contribution is -2.25. The number of benzene rings is 2. The van der Waals surface area contributed by atoms with E-state index in [9.17, 15) is 13.8 Å². The zero-order chi connectivity index (χ0) is 15.0. The summed E-state index contributed by atoms with van der Waals surface area (Å²) in [5.41, 5.74) is 0.573. The van der Waals surface area contributed by atoms with E-state index >= 15 is 0 Å². The molecule has 2 aromatic carbocycles. The Morgan fingerprint density at radius 2 is 1.33 bits per heavy atom. The summed E-state index contributed by atoms with van der Waals surface area (Å²) in [6, 6.07) is 15.0. The normalized spacial score (nSPS) is 16.5. The van der Waals surface area contributed by atoms with Crippen LogP contribution >= 0.6 is 0 Å². The van der Waals surface area contributed by atoms with Crippen LogP contribution in [-0.4, -0.2) is 27.3 Å². The summed E-state index contributed by atoms with van der Waals surface area (Å²) in [5.74, 6) is -1.08. The second-order valence-corrected chi connectivity index (χ2v) is 6.90. The van der Waals surface area contributed by atoms with Crippen LogP contribution in [0.5, 0.6) is 0 Å². The molecule has 1 heterocycles. The van der Waals surface area contributed by atoms with Gasteiger partial charge in [0.25, 0.3) is 11.8 Å². The molecular weight excluding hydrogens is 288 g/mol. The average Bonchev–Trinajstić information content (AvgIpc) is 2.74. The van der Waals surface area contributed by atoms with Crippen LogP contribution in [0.3, 0.4) is 0 Å². The van der Waals surface area contributed by atoms with Crippen molar-refractivity contribution in [2.45, 2.75) is 4.90 Å². The van der Waals surface area contributed by atoms with Crippen LogP contribution in [0.4, 0.5) is 0 Å². The Morgan fingerprint density at radius 1 is 0.857 bits per heavy atom. The van der Waals surface area contributed by atoms with Crippen molar-refractivity contribution in [1.29, 1.82) is 0 Å². The Kier molecular flexibility index (Phi) is 3.10. The summed E-state index contributed by atoms with van der Waals surface area (Å²) in [5, 5.41) is 0.708. The molecule has 0 spiro atoms. The third-order valence-corrected chi connectivity index (χ3v) is 4.81. The highest BCUT2D eigenvalue weighted by atomic mass is 32.2. The Balaban J connectivity index is 2.08. The zero-order valence-electron chi connectivity index (χ0n) is 11.2. The maximum atomic E-state index is 12.7. The number of rotatable bonds is 2. The predicted octanol–water partition coefficient (Wildman–Crippen LogP) is 2.35. The minimum atomic E-state index is -2.87. The van der Waals surface area contributed by atoms with Gasteiger partial charge in [-0.3, -0.25) is 9.59 Å². The lowest BCUT2D eigenvalue weighted by Gasteiger charge is -2.10. The van der Waals surface area contributed by atoms with Crippen molar-refractivity contribution in [2.24, 2.45) is 4.47 Å². The first-order valence-electron chi connectivity index (χ1n) is 6.26. The largest absolute Gasteiger partial charge is 0.282 e. The molecule has 6 heteroatoms. The number of imide groups is 1. The first-order chi connectivity index (χ1) is 10.0. The third-order valence-electron chi connectivity index (χ3n) is 3.19. The van der Waals surface area contributed by atoms with Crippen molar-refractivity contribution in [3.05, 3.63) is 65.7 Å². The maximum absolute atomic E-state index is 12.7. The Morgan fingerprint density at radius 3 is 1.86 bits per heavy atom. The van der Waals surface area contributed by atoms with Crippen LogP contribution in [0.2, 0.25) is 0 Å². The highest BCUT2D eigenvalue weighted by Crippen LogP contribution is 2.24. The Hall–Kier alpha value is -2.47. The highest BCUT2D eigenvalue weighted by Gasteiger charge is 2.36. The predicted molar refractivity (Wildman–Crippen MR) is 78.1 cm³/mol. The number of carbonyl (C=O) groups is 2. The second kappa shape index (κ2) is 4.82. The first-order valence-corrected chi connectivity index (χ1v) is 8.18. The van der Waals surface area contributed by atoms with E-state index in [1.54, 1.807) is 54.6 Å². The maximum Gasteiger partial charge on any atom is 0.282 e. The SMILES string of the molecule is C[S@](=O)(=NN1C(=O)c2ccccc2C1=O)c1ccccc1. The molecule has 1 aliphatic rings. The third kappa shape index (κ3) is 2.23. The summed E-state index contributed by atoms with van der Waals surface area (Å²) in [6.45, 7) is 0. The fraction of sp³-hybridized carbons (Fsp3) is 0.0667. The molecule has 0 aliphatic carbocycles. The van der Waals surface area contributed by atoms with Gasteiger partial charge in [-0.05, 0) is 24.3 Å². The van der Waals surface area contributed by atoms with Crippen molar-refractivity contribution in [2.75, 3.05) is 6.26 Å². The van der Waals surface area contributed by atoms with Gasteiger partial charge in [0.15, 0.2) is 0 Å². The van der Waals surface area contributed by atoms with E-state index in [1.165, 1.54) is 6.26 Å². The quantitative estimate of drug-likeness (QED) is 0.800. The van der Waals surface area contributed by atoms with Gasteiger partial charge >= 0.3 is 0 Å². The minimum Gasteiger partial charge on any atom is -0.267 e. The van der Waals surface area contributed by atoms with Crippen molar-refractivity contribution in [3.8, 4) is 0 Å². The smallest absolute Gasteiger partial charge is 0.267 e. The minimum absolute atomic E-state index is 0.287. The summed E-state index contributed by atoms with van der Waals surface area (Å²) in [4.78, 5) is 24.9. The molecule has 0 unspecified atom stereocenters. The molecule has 0 radical (unpaired) electrons. The van der Waals surface area contributed by atoms with Crippen molar-refractivity contribution < 1.29 is 13.8 Å². The topological polar surface area (TPSA) is 66.8 Å². The van der Waals surface area contributed by atoms with E-state index in [-0.39, 0.29) is 11.1 Å². The lowest BCUT2D eigenvalue weighted by molar-refractivity contribution is 0.0661. The van der Waals surface area contributed by atoms with E-state index in [0.29, 0.717) is 9.90 Å². The average molecular weight is 300 g/mol. The summed E-state index contributed by atoms with van der Waals surface area (Å²) in [6.07, 6.45) is 1.41. The molecule has 21 heavy (non-hydrogen) atoms. The van der Waals surface area contributed by atoms with Gasteiger partial charge in [0, 0.05) is 11.2 Å². The molecule has 106 valence electrons. The fourth-order valence-corrected chi connectivity index (χ4v) is 3.34. The molecule has 5 nitrogen and oxygen atoms in total. The van der Waals surface area contributed by atoms with E-state index in [1.807, 2.05) is 0 Å². The summed E-state index contributed by atoms with van der Waals surface area (Å²) in [7, 11) is -2.87. The summed E-state index contributed by atoms with van der Waals surface area (Å²) >= 11 is 0. The molecule has 0 aromatic heterocycles. The molecule has 0 bridgehead atoms. The van der Waals surface area contributed by atoms with E-state index in [4.69, 9.17) is 0 Å².